The minimum absolute atomic E-state index is 0.0229. The molecule has 0 aromatic carbocycles. The summed E-state index contributed by atoms with van der Waals surface area (Å²) in [6.07, 6.45) is 2.98. The van der Waals surface area contributed by atoms with Crippen molar-refractivity contribution >= 4 is 27.8 Å². The molecule has 0 spiro atoms. The molecule has 0 aliphatic heterocycles. The Morgan fingerprint density at radius 2 is 2.33 bits per heavy atom. The third kappa shape index (κ3) is 3.55. The molecule has 7 heteroatoms. The van der Waals surface area contributed by atoms with Crippen molar-refractivity contribution in [3.05, 3.63) is 52.9 Å². The van der Waals surface area contributed by atoms with Crippen molar-refractivity contribution in [3.8, 4) is 6.07 Å². The van der Waals surface area contributed by atoms with E-state index in [4.69, 9.17) is 5.73 Å². The molecule has 2 rings (SSSR count). The average molecular weight is 342 g/mol. The summed E-state index contributed by atoms with van der Waals surface area (Å²) in [5, 5.41) is 22.6. The lowest BCUT2D eigenvalue weighted by Crippen LogP contribution is -2.21. The summed E-state index contributed by atoms with van der Waals surface area (Å²) in [5.74, 6) is -0.358. The molecule has 1 atom stereocenters. The first-order chi connectivity index (χ1) is 11.5. The zero-order chi connectivity index (χ0) is 17.7. The van der Waals surface area contributed by atoms with E-state index in [9.17, 15) is 15.2 Å². The lowest BCUT2D eigenvalue weighted by Gasteiger charge is -2.16. The van der Waals surface area contributed by atoms with Crippen LogP contribution in [-0.4, -0.2) is 21.9 Å². The van der Waals surface area contributed by atoms with Crippen molar-refractivity contribution in [2.75, 3.05) is 11.1 Å². The van der Waals surface area contributed by atoms with Gasteiger partial charge < -0.3 is 16.2 Å². The highest BCUT2D eigenvalue weighted by molar-refractivity contribution is 7.19. The third-order valence-corrected chi connectivity index (χ3v) is 4.58. The normalized spacial score (nSPS) is 11.5. The van der Waals surface area contributed by atoms with Gasteiger partial charge in [0.25, 0.3) is 0 Å². The predicted octanol–water partition coefficient (Wildman–Crippen LogP) is 3.48. The number of hydrogen-bond acceptors (Lipinski definition) is 7. The van der Waals surface area contributed by atoms with Gasteiger partial charge >= 0.3 is 0 Å². The number of aliphatic hydroxyl groups is 1. The molecule has 124 valence electrons. The standard InChI is InChI=1S/C17H18N4O2S/c1-3-6-12(10(2)22)21-17-11(9-18)14(19)16(24-17)15(23)13-7-4-5-8-20-13/h4-5,7-8,12,21-22H,2-3,6,19H2,1H3. The molecule has 0 bridgehead atoms. The Labute approximate surface area is 144 Å². The van der Waals surface area contributed by atoms with E-state index in [-0.39, 0.29) is 33.4 Å². The molecule has 0 fully saturated rings. The SMILES string of the molecule is C=C(O)C(CCC)Nc1sc(C(=O)c2ccccn2)c(N)c1C#N. The lowest BCUT2D eigenvalue weighted by molar-refractivity contribution is 0.103. The Hall–Kier alpha value is -2.85. The molecule has 1 unspecified atom stereocenters. The number of anilines is 2. The molecule has 4 N–H and O–H groups in total. The van der Waals surface area contributed by atoms with Crippen LogP contribution in [0.15, 0.2) is 36.7 Å². The molecule has 0 radical (unpaired) electrons. The first-order valence-corrected chi connectivity index (χ1v) is 8.23. The van der Waals surface area contributed by atoms with Gasteiger partial charge in [0.15, 0.2) is 0 Å². The lowest BCUT2D eigenvalue weighted by atomic mass is 10.1. The quantitative estimate of drug-likeness (QED) is 0.524. The van der Waals surface area contributed by atoms with Crippen LogP contribution >= 0.6 is 11.3 Å². The number of carbonyl (C=O) groups is 1. The van der Waals surface area contributed by atoms with Gasteiger partial charge in [-0.1, -0.05) is 26.0 Å². The van der Waals surface area contributed by atoms with Gasteiger partial charge in [-0.25, -0.2) is 0 Å². The first-order valence-electron chi connectivity index (χ1n) is 7.42. The zero-order valence-electron chi connectivity index (χ0n) is 13.2. The summed E-state index contributed by atoms with van der Waals surface area (Å²) in [7, 11) is 0. The average Bonchev–Trinajstić information content (AvgIpc) is 2.90. The number of nitriles is 1. The highest BCUT2D eigenvalue weighted by Gasteiger charge is 2.24. The fraction of sp³-hybridized carbons (Fsp3) is 0.235. The van der Waals surface area contributed by atoms with Gasteiger partial charge in [-0.15, -0.1) is 11.3 Å². The summed E-state index contributed by atoms with van der Waals surface area (Å²) in [6, 6.07) is 6.63. The molecule has 0 saturated heterocycles. The number of aliphatic hydroxyl groups excluding tert-OH is 1. The summed E-state index contributed by atoms with van der Waals surface area (Å²) in [6.45, 7) is 5.52. The van der Waals surface area contributed by atoms with E-state index < -0.39 is 6.04 Å². The molecule has 0 aliphatic carbocycles. The molecular weight excluding hydrogens is 324 g/mol. The second kappa shape index (κ2) is 7.62. The van der Waals surface area contributed by atoms with Gasteiger partial charge in [-0.05, 0) is 18.6 Å². The Balaban J connectivity index is 2.40. The van der Waals surface area contributed by atoms with Crippen molar-refractivity contribution in [2.45, 2.75) is 25.8 Å². The van der Waals surface area contributed by atoms with Gasteiger partial charge in [0.2, 0.25) is 5.78 Å². The van der Waals surface area contributed by atoms with Crippen molar-refractivity contribution in [1.82, 2.24) is 4.98 Å². The van der Waals surface area contributed by atoms with E-state index in [0.29, 0.717) is 11.4 Å². The summed E-state index contributed by atoms with van der Waals surface area (Å²) in [5.41, 5.74) is 6.58. The van der Waals surface area contributed by atoms with Gasteiger partial charge in [-0.2, -0.15) is 5.26 Å². The van der Waals surface area contributed by atoms with E-state index in [1.54, 1.807) is 18.2 Å². The number of ketones is 1. The van der Waals surface area contributed by atoms with E-state index in [1.807, 2.05) is 13.0 Å². The van der Waals surface area contributed by atoms with Crippen molar-refractivity contribution in [3.63, 3.8) is 0 Å². The minimum Gasteiger partial charge on any atom is -0.511 e. The second-order valence-electron chi connectivity index (χ2n) is 5.18. The molecule has 0 aliphatic rings. The maximum absolute atomic E-state index is 12.6. The topological polar surface area (TPSA) is 112 Å². The van der Waals surface area contributed by atoms with E-state index in [0.717, 1.165) is 17.8 Å². The molecule has 0 saturated carbocycles. The van der Waals surface area contributed by atoms with Crippen LogP contribution in [0.2, 0.25) is 0 Å². The largest absolute Gasteiger partial charge is 0.511 e. The first kappa shape index (κ1) is 17.5. The van der Waals surface area contributed by atoms with E-state index in [1.165, 1.54) is 6.20 Å². The van der Waals surface area contributed by atoms with Crippen LogP contribution in [0, 0.1) is 11.3 Å². The minimum atomic E-state index is -0.405. The van der Waals surface area contributed by atoms with E-state index >= 15 is 0 Å². The van der Waals surface area contributed by atoms with Crippen LogP contribution in [0.4, 0.5) is 10.7 Å². The number of pyridine rings is 1. The third-order valence-electron chi connectivity index (χ3n) is 3.45. The molecule has 6 nitrogen and oxygen atoms in total. The fourth-order valence-electron chi connectivity index (χ4n) is 2.21. The number of nitrogens with two attached hydrogens (primary N) is 1. The van der Waals surface area contributed by atoms with Gasteiger partial charge in [0.05, 0.1) is 11.7 Å². The number of hydrogen-bond donors (Lipinski definition) is 3. The highest BCUT2D eigenvalue weighted by Crippen LogP contribution is 2.37. The number of nitrogens with zero attached hydrogens (tertiary/aromatic N) is 2. The van der Waals surface area contributed by atoms with Gasteiger partial charge in [0, 0.05) is 6.20 Å². The summed E-state index contributed by atoms with van der Waals surface area (Å²) in [4.78, 5) is 16.8. The maximum atomic E-state index is 12.6. The Morgan fingerprint density at radius 3 is 2.88 bits per heavy atom. The molecule has 24 heavy (non-hydrogen) atoms. The van der Waals surface area contributed by atoms with E-state index in [2.05, 4.69) is 16.9 Å². The van der Waals surface area contributed by atoms with Crippen LogP contribution in [0.25, 0.3) is 0 Å². The number of thiophene rings is 1. The number of nitrogen functional groups attached to an aromatic ring is 1. The smallest absolute Gasteiger partial charge is 0.223 e. The Morgan fingerprint density at radius 1 is 1.58 bits per heavy atom. The number of carbonyl (C=O) groups excluding carboxylic acids is 1. The maximum Gasteiger partial charge on any atom is 0.223 e. The van der Waals surface area contributed by atoms with Crippen LogP contribution in [0.1, 0.15) is 40.7 Å². The van der Waals surface area contributed by atoms with Crippen LogP contribution in [-0.2, 0) is 0 Å². The molecule has 2 heterocycles. The van der Waals surface area contributed by atoms with Crippen LogP contribution in [0.5, 0.6) is 0 Å². The molecule has 0 amide bonds. The zero-order valence-corrected chi connectivity index (χ0v) is 14.1. The van der Waals surface area contributed by atoms with Crippen molar-refractivity contribution < 1.29 is 9.90 Å². The van der Waals surface area contributed by atoms with Gasteiger partial charge in [-0.3, -0.25) is 9.78 Å². The second-order valence-corrected chi connectivity index (χ2v) is 6.20. The van der Waals surface area contributed by atoms with Crippen molar-refractivity contribution in [2.24, 2.45) is 0 Å². The van der Waals surface area contributed by atoms with Crippen molar-refractivity contribution in [1.29, 1.82) is 5.26 Å². The molecule has 2 aromatic rings. The molecular formula is C17H18N4O2S. The molecule has 2 aromatic heterocycles. The van der Waals surface area contributed by atoms with Crippen LogP contribution < -0.4 is 11.1 Å². The summed E-state index contributed by atoms with van der Waals surface area (Å²) >= 11 is 1.08. The highest BCUT2D eigenvalue weighted by atomic mass is 32.1. The number of aromatic nitrogens is 1. The fourth-order valence-corrected chi connectivity index (χ4v) is 3.28. The monoisotopic (exact) mass is 342 g/mol. The number of rotatable bonds is 7. The number of nitrogens with one attached hydrogen (secondary N) is 1. The Bertz CT molecular complexity index is 793. The van der Waals surface area contributed by atoms with Crippen LogP contribution in [0.3, 0.4) is 0 Å². The van der Waals surface area contributed by atoms with Gasteiger partial charge in [0.1, 0.15) is 33.0 Å². The predicted molar refractivity (Wildman–Crippen MR) is 95.2 cm³/mol. The summed E-state index contributed by atoms with van der Waals surface area (Å²) < 4.78 is 0. The Kier molecular flexibility index (Phi) is 5.55.